The molecule has 3 aliphatic heterocycles. The Labute approximate surface area is 199 Å². The predicted octanol–water partition coefficient (Wildman–Crippen LogP) is 1.29. The first-order valence-electron chi connectivity index (χ1n) is 10.5. The molecule has 12 heteroatoms. The van der Waals surface area contributed by atoms with E-state index in [9.17, 15) is 24.8 Å². The Bertz CT molecular complexity index is 1020. The van der Waals surface area contributed by atoms with E-state index in [1.165, 1.54) is 40.9 Å². The van der Waals surface area contributed by atoms with E-state index >= 15 is 0 Å². The molecule has 176 valence electrons. The van der Waals surface area contributed by atoms with Crippen LogP contribution in [0.15, 0.2) is 34.9 Å². The van der Waals surface area contributed by atoms with Crippen LogP contribution in [0, 0.1) is 22.0 Å². The topological polar surface area (TPSA) is 134 Å². The highest BCUT2D eigenvalue weighted by Gasteiger charge is 2.60. The smallest absolute Gasteiger partial charge is 0.356 e. The average Bonchev–Trinajstić information content (AvgIpc) is 3.02. The number of thiocarbonyl (C=S) groups is 1. The van der Waals surface area contributed by atoms with Crippen molar-refractivity contribution >= 4 is 46.7 Å². The SMILES string of the molecule is C[C@@H](O)[C@H]1C(=O)N2C(C(=O)OCc3ccc([N+](=O)[O-])cc3)=C(SC3CNC(=S)NC3)[C@H](C)[C@H]12. The van der Waals surface area contributed by atoms with E-state index in [0.717, 1.165) is 4.91 Å². The van der Waals surface area contributed by atoms with Crippen LogP contribution < -0.4 is 10.6 Å². The molecule has 33 heavy (non-hydrogen) atoms. The van der Waals surface area contributed by atoms with Gasteiger partial charge in [-0.3, -0.25) is 14.9 Å². The Morgan fingerprint density at radius 2 is 2.00 bits per heavy atom. The predicted molar refractivity (Wildman–Crippen MR) is 125 cm³/mol. The van der Waals surface area contributed by atoms with Crippen LogP contribution in [0.4, 0.5) is 5.69 Å². The number of thioether (sulfide) groups is 1. The molecule has 4 atom stereocenters. The lowest BCUT2D eigenvalue weighted by Crippen LogP contribution is -2.63. The molecule has 2 fully saturated rings. The Hall–Kier alpha value is -2.70. The number of hydrogen-bond donors (Lipinski definition) is 3. The van der Waals surface area contributed by atoms with Crippen molar-refractivity contribution < 1.29 is 24.4 Å². The van der Waals surface area contributed by atoms with E-state index in [1.807, 2.05) is 6.92 Å². The summed E-state index contributed by atoms with van der Waals surface area (Å²) in [6.45, 7) is 4.69. The van der Waals surface area contributed by atoms with Crippen LogP contribution >= 0.6 is 24.0 Å². The van der Waals surface area contributed by atoms with Gasteiger partial charge in [0.05, 0.1) is 23.0 Å². The van der Waals surface area contributed by atoms with Crippen LogP contribution in [-0.2, 0) is 20.9 Å². The Morgan fingerprint density at radius 3 is 2.58 bits per heavy atom. The van der Waals surface area contributed by atoms with Crippen molar-refractivity contribution in [2.45, 2.75) is 37.9 Å². The quantitative estimate of drug-likeness (QED) is 0.168. The zero-order chi connectivity index (χ0) is 23.9. The van der Waals surface area contributed by atoms with Gasteiger partial charge in [0.2, 0.25) is 5.91 Å². The summed E-state index contributed by atoms with van der Waals surface area (Å²) in [5.41, 5.74) is 0.759. The van der Waals surface area contributed by atoms with Crippen molar-refractivity contribution in [3.05, 3.63) is 50.5 Å². The number of nitrogens with zero attached hydrogens (tertiary/aromatic N) is 2. The van der Waals surface area contributed by atoms with Crippen LogP contribution in [0.2, 0.25) is 0 Å². The van der Waals surface area contributed by atoms with Crippen molar-refractivity contribution in [2.75, 3.05) is 13.1 Å². The average molecular weight is 493 g/mol. The van der Waals surface area contributed by atoms with Gasteiger partial charge in [0.25, 0.3) is 5.69 Å². The minimum atomic E-state index is -0.821. The number of ether oxygens (including phenoxy) is 1. The number of fused-ring (bicyclic) bond motifs is 1. The third-order valence-corrected chi connectivity index (χ3v) is 7.87. The Morgan fingerprint density at radius 1 is 1.36 bits per heavy atom. The van der Waals surface area contributed by atoms with E-state index in [0.29, 0.717) is 23.8 Å². The molecule has 1 aromatic carbocycles. The standard InChI is InChI=1S/C21H24N4O6S2/c1-10-16-15(11(2)26)19(27)24(16)17(18(10)33-14-7-22-21(32)23-8-14)20(28)31-9-12-3-5-13(6-4-12)25(29)30/h3-6,10-11,14-16,26H,7-9H2,1-2H3,(H2,22,23,32)/t10-,11-,15-,16-/m1/s1. The van der Waals surface area contributed by atoms with Crippen molar-refractivity contribution in [1.82, 2.24) is 15.5 Å². The van der Waals surface area contributed by atoms with Crippen LogP contribution in [0.3, 0.4) is 0 Å². The molecule has 0 aromatic heterocycles. The van der Waals surface area contributed by atoms with Crippen LogP contribution in [0.25, 0.3) is 0 Å². The first kappa shape index (κ1) is 23.5. The number of non-ortho nitro benzene ring substituents is 1. The maximum Gasteiger partial charge on any atom is 0.356 e. The van der Waals surface area contributed by atoms with Gasteiger partial charge in [-0.05, 0) is 36.8 Å². The fourth-order valence-corrected chi connectivity index (χ4v) is 5.92. The van der Waals surface area contributed by atoms with E-state index in [-0.39, 0.29) is 41.1 Å². The number of β-lactam (4-membered cyclic amide) rings is 1. The van der Waals surface area contributed by atoms with Gasteiger partial charge in [-0.15, -0.1) is 11.8 Å². The van der Waals surface area contributed by atoms with Crippen LogP contribution in [-0.4, -0.2) is 62.4 Å². The molecule has 4 rings (SSSR count). The summed E-state index contributed by atoms with van der Waals surface area (Å²) in [5, 5.41) is 27.8. The number of aliphatic hydroxyl groups is 1. The highest BCUT2D eigenvalue weighted by Crippen LogP contribution is 2.51. The molecule has 0 bridgehead atoms. The van der Waals surface area contributed by atoms with Gasteiger partial charge < -0.3 is 25.4 Å². The van der Waals surface area contributed by atoms with Gasteiger partial charge in [0.1, 0.15) is 12.3 Å². The lowest BCUT2D eigenvalue weighted by Gasteiger charge is -2.46. The zero-order valence-electron chi connectivity index (χ0n) is 18.0. The van der Waals surface area contributed by atoms with Gasteiger partial charge in [-0.1, -0.05) is 6.92 Å². The highest BCUT2D eigenvalue weighted by molar-refractivity contribution is 8.03. The summed E-state index contributed by atoms with van der Waals surface area (Å²) in [7, 11) is 0. The van der Waals surface area contributed by atoms with Crippen molar-refractivity contribution in [3.63, 3.8) is 0 Å². The molecule has 3 N–H and O–H groups in total. The molecule has 0 radical (unpaired) electrons. The molecular weight excluding hydrogens is 468 g/mol. The molecule has 1 aromatic rings. The summed E-state index contributed by atoms with van der Waals surface area (Å²) in [4.78, 5) is 38.5. The van der Waals surface area contributed by atoms with Crippen LogP contribution in [0.1, 0.15) is 19.4 Å². The third-order valence-electron chi connectivity index (χ3n) is 6.09. The van der Waals surface area contributed by atoms with Crippen molar-refractivity contribution in [2.24, 2.45) is 11.8 Å². The number of carbonyl (C=O) groups is 2. The van der Waals surface area contributed by atoms with Gasteiger partial charge in [-0.25, -0.2) is 4.79 Å². The number of hydrogen-bond acceptors (Lipinski definition) is 8. The summed E-state index contributed by atoms with van der Waals surface area (Å²) < 4.78 is 5.51. The summed E-state index contributed by atoms with van der Waals surface area (Å²) >= 11 is 6.61. The number of nitro groups is 1. The maximum atomic E-state index is 13.1. The monoisotopic (exact) mass is 492 g/mol. The second-order valence-electron chi connectivity index (χ2n) is 8.30. The number of nitrogens with one attached hydrogen (secondary N) is 2. The fraction of sp³-hybridized carbons (Fsp3) is 0.476. The molecule has 0 saturated carbocycles. The number of esters is 1. The van der Waals surface area contributed by atoms with E-state index < -0.39 is 22.9 Å². The Balaban J connectivity index is 1.54. The van der Waals surface area contributed by atoms with Gasteiger partial charge in [0.15, 0.2) is 5.11 Å². The number of carbonyl (C=O) groups excluding carboxylic acids is 2. The van der Waals surface area contributed by atoms with Gasteiger partial charge in [0, 0.05) is 41.3 Å². The molecule has 0 aliphatic carbocycles. The number of benzene rings is 1. The van der Waals surface area contributed by atoms with E-state index in [4.69, 9.17) is 17.0 Å². The first-order chi connectivity index (χ1) is 15.7. The van der Waals surface area contributed by atoms with Gasteiger partial charge >= 0.3 is 5.97 Å². The van der Waals surface area contributed by atoms with Crippen molar-refractivity contribution in [3.8, 4) is 0 Å². The molecule has 3 aliphatic rings. The fourth-order valence-electron chi connectivity index (χ4n) is 4.41. The summed E-state index contributed by atoms with van der Waals surface area (Å²) in [5.74, 6) is -1.62. The number of aliphatic hydroxyl groups excluding tert-OH is 1. The number of rotatable bonds is 7. The molecule has 1 amide bonds. The molecule has 0 unspecified atom stereocenters. The third kappa shape index (κ3) is 4.42. The lowest BCUT2D eigenvalue weighted by molar-refractivity contribution is -0.384. The molecular formula is C21H24N4O6S2. The number of nitro benzene ring substituents is 1. The normalized spacial score (nSPS) is 25.7. The van der Waals surface area contributed by atoms with Crippen molar-refractivity contribution in [1.29, 1.82) is 0 Å². The lowest BCUT2D eigenvalue weighted by atomic mass is 9.79. The minimum absolute atomic E-state index is 0.0524. The van der Waals surface area contributed by atoms with E-state index in [2.05, 4.69) is 10.6 Å². The van der Waals surface area contributed by atoms with E-state index in [1.54, 1.807) is 6.92 Å². The van der Waals surface area contributed by atoms with Gasteiger partial charge in [-0.2, -0.15) is 0 Å². The molecule has 0 spiro atoms. The molecule has 2 saturated heterocycles. The van der Waals surface area contributed by atoms with Crippen LogP contribution in [0.5, 0.6) is 0 Å². The molecule has 10 nitrogen and oxygen atoms in total. The largest absolute Gasteiger partial charge is 0.456 e. The number of amides is 1. The molecule has 3 heterocycles. The maximum absolute atomic E-state index is 13.1. The summed E-state index contributed by atoms with van der Waals surface area (Å²) in [6, 6.07) is 5.44. The Kier molecular flexibility index (Phi) is 6.59. The first-order valence-corrected chi connectivity index (χ1v) is 11.8. The second kappa shape index (κ2) is 9.27. The summed E-state index contributed by atoms with van der Waals surface area (Å²) in [6.07, 6.45) is -0.821. The minimum Gasteiger partial charge on any atom is -0.456 e. The highest BCUT2D eigenvalue weighted by atomic mass is 32.2. The second-order valence-corrected chi connectivity index (χ2v) is 10.0. The zero-order valence-corrected chi connectivity index (χ0v) is 19.6.